The molecule has 1 aliphatic carbocycles. The van der Waals surface area contributed by atoms with Crippen LogP contribution in [0.4, 0.5) is 0 Å². The Morgan fingerprint density at radius 1 is 1.21 bits per heavy atom. The van der Waals surface area contributed by atoms with Crippen LogP contribution in [-0.4, -0.2) is 73.2 Å². The molecule has 1 heterocycles. The van der Waals surface area contributed by atoms with Gasteiger partial charge >= 0.3 is 0 Å². The van der Waals surface area contributed by atoms with Crippen LogP contribution in [0.5, 0.6) is 0 Å². The van der Waals surface area contributed by atoms with E-state index in [1.54, 1.807) is 0 Å². The molecule has 2 rings (SSSR count). The number of carbonyl (C=O) groups excluding carboxylic acids is 1. The van der Waals surface area contributed by atoms with Gasteiger partial charge in [0.25, 0.3) is 0 Å². The first-order valence-corrected chi connectivity index (χ1v) is 10.0. The average molecular weight is 340 g/mol. The predicted octanol–water partition coefficient (Wildman–Crippen LogP) is 2.26. The van der Waals surface area contributed by atoms with Crippen molar-refractivity contribution in [2.75, 3.05) is 39.4 Å². The number of amides is 1. The fourth-order valence-electron chi connectivity index (χ4n) is 4.01. The third kappa shape index (κ3) is 5.71. The molecule has 2 fully saturated rings. The molecule has 0 spiro atoms. The highest BCUT2D eigenvalue weighted by Gasteiger charge is 2.31. The molecular formula is C19H37N3O2. The van der Waals surface area contributed by atoms with Gasteiger partial charge in [-0.05, 0) is 33.1 Å². The Labute approximate surface area is 148 Å². The van der Waals surface area contributed by atoms with Crippen LogP contribution >= 0.6 is 0 Å². The molecule has 0 bridgehead atoms. The summed E-state index contributed by atoms with van der Waals surface area (Å²) < 4.78 is 5.51. The highest BCUT2D eigenvalue weighted by atomic mass is 16.5. The topological polar surface area (TPSA) is 44.8 Å². The van der Waals surface area contributed by atoms with Crippen LogP contribution in [0, 0.1) is 0 Å². The molecule has 0 unspecified atom stereocenters. The molecule has 1 N–H and O–H groups in total. The van der Waals surface area contributed by atoms with Crippen molar-refractivity contribution < 1.29 is 9.53 Å². The summed E-state index contributed by atoms with van der Waals surface area (Å²) in [5, 5.41) is 3.29. The third-order valence-corrected chi connectivity index (χ3v) is 5.71. The molecule has 1 saturated heterocycles. The molecule has 1 saturated carbocycles. The summed E-state index contributed by atoms with van der Waals surface area (Å²) in [6.07, 6.45) is 7.28. The van der Waals surface area contributed by atoms with Crippen LogP contribution in [0.15, 0.2) is 0 Å². The minimum atomic E-state index is -0.0185. The van der Waals surface area contributed by atoms with Crippen molar-refractivity contribution in [1.82, 2.24) is 15.1 Å². The minimum absolute atomic E-state index is 0.0185. The Balaban J connectivity index is 1.79. The molecule has 0 aromatic carbocycles. The van der Waals surface area contributed by atoms with Crippen molar-refractivity contribution in [2.45, 2.75) is 77.4 Å². The standard InChI is InChI=1S/C19H37N3O2/c1-4-18-15-22(12-11-21(18)13-14-24-5-2)16(3)19(23)20-17-9-7-6-8-10-17/h16-18H,4-15H2,1-3H3,(H,20,23)/t16-,18-/m0/s1. The van der Waals surface area contributed by atoms with E-state index in [1.807, 2.05) is 6.92 Å². The maximum Gasteiger partial charge on any atom is 0.237 e. The lowest BCUT2D eigenvalue weighted by molar-refractivity contribution is -0.128. The van der Waals surface area contributed by atoms with E-state index in [4.69, 9.17) is 4.74 Å². The van der Waals surface area contributed by atoms with Gasteiger partial charge < -0.3 is 10.1 Å². The first-order chi connectivity index (χ1) is 11.7. The molecule has 0 aromatic rings. The van der Waals surface area contributed by atoms with Gasteiger partial charge in [0.15, 0.2) is 0 Å². The predicted molar refractivity (Wildman–Crippen MR) is 98.2 cm³/mol. The van der Waals surface area contributed by atoms with Gasteiger partial charge in [0.2, 0.25) is 5.91 Å². The molecule has 0 radical (unpaired) electrons. The molecule has 1 aliphatic heterocycles. The first kappa shape index (κ1) is 19.7. The quantitative estimate of drug-likeness (QED) is 0.689. The van der Waals surface area contributed by atoms with E-state index in [-0.39, 0.29) is 11.9 Å². The van der Waals surface area contributed by atoms with Crippen molar-refractivity contribution in [3.05, 3.63) is 0 Å². The normalized spacial score (nSPS) is 25.5. The summed E-state index contributed by atoms with van der Waals surface area (Å²) >= 11 is 0. The number of ether oxygens (including phenoxy) is 1. The fraction of sp³-hybridized carbons (Fsp3) is 0.947. The Bertz CT molecular complexity index is 372. The van der Waals surface area contributed by atoms with E-state index >= 15 is 0 Å². The summed E-state index contributed by atoms with van der Waals surface area (Å²) in [4.78, 5) is 17.5. The van der Waals surface area contributed by atoms with Crippen LogP contribution < -0.4 is 5.32 Å². The number of nitrogens with one attached hydrogen (secondary N) is 1. The lowest BCUT2D eigenvalue weighted by Gasteiger charge is -2.43. The van der Waals surface area contributed by atoms with Gasteiger partial charge in [-0.1, -0.05) is 26.2 Å². The van der Waals surface area contributed by atoms with Crippen molar-refractivity contribution in [2.24, 2.45) is 0 Å². The van der Waals surface area contributed by atoms with Gasteiger partial charge in [-0.3, -0.25) is 14.6 Å². The monoisotopic (exact) mass is 339 g/mol. The number of rotatable bonds is 8. The van der Waals surface area contributed by atoms with E-state index in [0.717, 1.165) is 58.7 Å². The lowest BCUT2D eigenvalue weighted by atomic mass is 9.95. The molecule has 5 heteroatoms. The lowest BCUT2D eigenvalue weighted by Crippen LogP contribution is -2.59. The maximum atomic E-state index is 12.6. The van der Waals surface area contributed by atoms with E-state index in [1.165, 1.54) is 19.3 Å². The molecule has 1 amide bonds. The second-order valence-corrected chi connectivity index (χ2v) is 7.31. The Hall–Kier alpha value is -0.650. The van der Waals surface area contributed by atoms with Gasteiger partial charge in [-0.2, -0.15) is 0 Å². The van der Waals surface area contributed by atoms with E-state index in [2.05, 4.69) is 29.0 Å². The van der Waals surface area contributed by atoms with Gasteiger partial charge in [0.1, 0.15) is 0 Å². The Morgan fingerprint density at radius 3 is 2.62 bits per heavy atom. The van der Waals surface area contributed by atoms with Crippen LogP contribution in [-0.2, 0) is 9.53 Å². The highest BCUT2D eigenvalue weighted by Crippen LogP contribution is 2.19. The van der Waals surface area contributed by atoms with Crippen molar-refractivity contribution in [1.29, 1.82) is 0 Å². The number of carbonyl (C=O) groups is 1. The molecule has 140 valence electrons. The molecule has 0 aromatic heterocycles. The zero-order valence-corrected chi connectivity index (χ0v) is 15.9. The molecule has 2 atom stereocenters. The van der Waals surface area contributed by atoms with Crippen LogP contribution in [0.2, 0.25) is 0 Å². The molecule has 24 heavy (non-hydrogen) atoms. The Morgan fingerprint density at radius 2 is 1.96 bits per heavy atom. The first-order valence-electron chi connectivity index (χ1n) is 10.0. The zero-order valence-electron chi connectivity index (χ0n) is 15.9. The maximum absolute atomic E-state index is 12.6. The molecule has 5 nitrogen and oxygen atoms in total. The van der Waals surface area contributed by atoms with Crippen molar-refractivity contribution in [3.8, 4) is 0 Å². The molecular weight excluding hydrogens is 302 g/mol. The number of nitrogens with zero attached hydrogens (tertiary/aromatic N) is 2. The number of hydrogen-bond acceptors (Lipinski definition) is 4. The summed E-state index contributed by atoms with van der Waals surface area (Å²) in [5.41, 5.74) is 0. The smallest absolute Gasteiger partial charge is 0.237 e. The van der Waals surface area contributed by atoms with Crippen LogP contribution in [0.25, 0.3) is 0 Å². The SMILES string of the molecule is CCOCCN1CCN([C@@H](C)C(=O)NC2CCCCC2)C[C@@H]1CC. The van der Waals surface area contributed by atoms with E-state index in [9.17, 15) is 4.79 Å². The van der Waals surface area contributed by atoms with Crippen molar-refractivity contribution >= 4 is 5.91 Å². The van der Waals surface area contributed by atoms with E-state index < -0.39 is 0 Å². The number of piperazine rings is 1. The van der Waals surface area contributed by atoms with Crippen LogP contribution in [0.1, 0.15) is 59.3 Å². The fourth-order valence-corrected chi connectivity index (χ4v) is 4.01. The van der Waals surface area contributed by atoms with Gasteiger partial charge in [0.05, 0.1) is 12.6 Å². The van der Waals surface area contributed by atoms with Crippen LogP contribution in [0.3, 0.4) is 0 Å². The highest BCUT2D eigenvalue weighted by molar-refractivity contribution is 5.81. The summed E-state index contributed by atoms with van der Waals surface area (Å²) in [6, 6.07) is 0.919. The number of hydrogen-bond donors (Lipinski definition) is 1. The van der Waals surface area contributed by atoms with Crippen molar-refractivity contribution in [3.63, 3.8) is 0 Å². The largest absolute Gasteiger partial charge is 0.380 e. The second kappa shape index (κ2) is 10.4. The summed E-state index contributed by atoms with van der Waals surface area (Å²) in [7, 11) is 0. The summed E-state index contributed by atoms with van der Waals surface area (Å²) in [5.74, 6) is 0.222. The van der Waals surface area contributed by atoms with Gasteiger partial charge in [-0.25, -0.2) is 0 Å². The Kier molecular flexibility index (Phi) is 8.50. The average Bonchev–Trinajstić information content (AvgIpc) is 2.62. The van der Waals surface area contributed by atoms with E-state index in [0.29, 0.717) is 12.1 Å². The third-order valence-electron chi connectivity index (χ3n) is 5.71. The van der Waals surface area contributed by atoms with Gasteiger partial charge in [-0.15, -0.1) is 0 Å². The molecule has 2 aliphatic rings. The van der Waals surface area contributed by atoms with Gasteiger partial charge in [0, 0.05) is 44.9 Å². The zero-order chi connectivity index (χ0) is 17.4. The second-order valence-electron chi connectivity index (χ2n) is 7.31. The minimum Gasteiger partial charge on any atom is -0.380 e. The summed E-state index contributed by atoms with van der Waals surface area (Å²) in [6.45, 7) is 12.0.